The highest BCUT2D eigenvalue weighted by Crippen LogP contribution is 2.37. The van der Waals surface area contributed by atoms with Crippen LogP contribution in [-0.4, -0.2) is 92.3 Å². The first-order chi connectivity index (χ1) is 25.1. The van der Waals surface area contributed by atoms with Crippen LogP contribution in [0.15, 0.2) is 48.5 Å². The van der Waals surface area contributed by atoms with Crippen LogP contribution in [0, 0.1) is 11.8 Å². The van der Waals surface area contributed by atoms with E-state index in [-0.39, 0.29) is 56.9 Å². The number of morpholine rings is 1. The molecule has 2 fully saturated rings. The van der Waals surface area contributed by atoms with Crippen molar-refractivity contribution in [3.63, 3.8) is 0 Å². The van der Waals surface area contributed by atoms with E-state index in [9.17, 15) is 37.1 Å². The average Bonchev–Trinajstić information content (AvgIpc) is 3.12. The fourth-order valence-corrected chi connectivity index (χ4v) is 6.28. The van der Waals surface area contributed by atoms with Gasteiger partial charge in [0.2, 0.25) is 17.7 Å². The number of alkyl halides is 3. The van der Waals surface area contributed by atoms with Gasteiger partial charge in [-0.1, -0.05) is 42.5 Å². The fraction of sp³-hybridized carbons (Fsp3) is 0.553. The molecule has 53 heavy (non-hydrogen) atoms. The number of nitrogens with zero attached hydrogens (tertiary/aromatic N) is 1. The third-order valence-corrected chi connectivity index (χ3v) is 8.98. The standard InChI is InChI=1S/C38H49F3N4O8/c1-37(2,3)53-35(49)28-10-8-20-52-36(50)42-17-7-6-12-31(34(48)43-24-32(46)45-18-21-51-22-19-45)44-33(47)29(28)23-25-13-15-26(16-14-25)27-9-4-5-11-30(27)38(39,40)41/h4-5,9,11,13-16,28-29,31H,6-8,10,12,17-24H2,1-3H3,(H,42,50)(H,43,48)(H,44,47)/t28-,29+,31-/m0/s1. The van der Waals surface area contributed by atoms with Gasteiger partial charge in [0.15, 0.2) is 0 Å². The SMILES string of the molecule is CC(C)(C)OC(=O)[C@H]1CCCOC(=O)NCCCC[C@@H](C(=O)NCC(=O)N2CCOCC2)NC(=O)[C@@H]1Cc1ccc(-c2ccccc2C(F)(F)F)cc1. The topological polar surface area (TPSA) is 152 Å². The minimum atomic E-state index is -4.57. The Kier molecular flexibility index (Phi) is 14.7. The van der Waals surface area contributed by atoms with Gasteiger partial charge in [-0.15, -0.1) is 0 Å². The molecular weight excluding hydrogens is 697 g/mol. The van der Waals surface area contributed by atoms with Crippen LogP contribution in [0.3, 0.4) is 0 Å². The number of esters is 1. The molecule has 15 heteroatoms. The number of halogens is 3. The Morgan fingerprint density at radius 3 is 2.30 bits per heavy atom. The third-order valence-electron chi connectivity index (χ3n) is 8.98. The van der Waals surface area contributed by atoms with Crippen LogP contribution in [0.1, 0.15) is 64.0 Å². The van der Waals surface area contributed by atoms with Gasteiger partial charge in [0.25, 0.3) is 0 Å². The van der Waals surface area contributed by atoms with Gasteiger partial charge in [0, 0.05) is 19.6 Å². The van der Waals surface area contributed by atoms with E-state index >= 15 is 0 Å². The molecule has 290 valence electrons. The first kappa shape index (κ1) is 41.1. The molecule has 2 aromatic rings. The zero-order valence-electron chi connectivity index (χ0n) is 30.4. The minimum Gasteiger partial charge on any atom is -0.460 e. The lowest BCUT2D eigenvalue weighted by molar-refractivity contribution is -0.164. The van der Waals surface area contributed by atoms with Crippen molar-refractivity contribution in [2.75, 3.05) is 46.0 Å². The van der Waals surface area contributed by atoms with E-state index < -0.39 is 59.1 Å². The summed E-state index contributed by atoms with van der Waals surface area (Å²) in [5.41, 5.74) is -0.831. The molecule has 0 spiro atoms. The maximum Gasteiger partial charge on any atom is 0.417 e. The molecule has 2 saturated heterocycles. The van der Waals surface area contributed by atoms with Crippen LogP contribution in [0.4, 0.5) is 18.0 Å². The van der Waals surface area contributed by atoms with Crippen LogP contribution in [0.5, 0.6) is 0 Å². The highest BCUT2D eigenvalue weighted by atomic mass is 19.4. The maximum atomic E-state index is 14.3. The summed E-state index contributed by atoms with van der Waals surface area (Å²) < 4.78 is 57.6. The number of carbonyl (C=O) groups excluding carboxylic acids is 5. The number of cyclic esters (lactones) is 1. The summed E-state index contributed by atoms with van der Waals surface area (Å²) in [6.07, 6.45) is -3.89. The third kappa shape index (κ3) is 12.8. The van der Waals surface area contributed by atoms with Gasteiger partial charge in [-0.3, -0.25) is 19.2 Å². The lowest BCUT2D eigenvalue weighted by Gasteiger charge is -2.30. The molecule has 4 amide bonds. The zero-order valence-corrected chi connectivity index (χ0v) is 30.4. The Bertz CT molecular complexity index is 1570. The number of nitrogens with one attached hydrogen (secondary N) is 3. The Balaban J connectivity index is 1.64. The molecule has 0 aliphatic carbocycles. The summed E-state index contributed by atoms with van der Waals surface area (Å²) in [5.74, 6) is -4.31. The molecule has 4 rings (SSSR count). The Labute approximate surface area is 307 Å². The van der Waals surface area contributed by atoms with Gasteiger partial charge in [-0.2, -0.15) is 13.2 Å². The van der Waals surface area contributed by atoms with Gasteiger partial charge in [0.05, 0.1) is 43.8 Å². The summed E-state index contributed by atoms with van der Waals surface area (Å²) in [6.45, 7) is 6.60. The second-order valence-electron chi connectivity index (χ2n) is 14.2. The number of alkyl carbamates (subject to hydrolysis) is 1. The number of hydrogen-bond donors (Lipinski definition) is 3. The van der Waals surface area contributed by atoms with E-state index in [0.29, 0.717) is 50.3 Å². The summed E-state index contributed by atoms with van der Waals surface area (Å²) >= 11 is 0. The summed E-state index contributed by atoms with van der Waals surface area (Å²) in [4.78, 5) is 68.3. The van der Waals surface area contributed by atoms with E-state index in [1.54, 1.807) is 37.8 Å². The number of ether oxygens (including phenoxy) is 3. The zero-order chi connectivity index (χ0) is 38.6. The molecule has 12 nitrogen and oxygen atoms in total. The second kappa shape index (κ2) is 18.9. The van der Waals surface area contributed by atoms with Gasteiger partial charge >= 0.3 is 18.2 Å². The molecule has 2 aliphatic rings. The quantitative estimate of drug-likeness (QED) is 0.347. The molecule has 3 N–H and O–H groups in total. The smallest absolute Gasteiger partial charge is 0.417 e. The fourth-order valence-electron chi connectivity index (χ4n) is 6.28. The first-order valence-electron chi connectivity index (χ1n) is 17.9. The number of carbonyl (C=O) groups is 5. The molecule has 2 heterocycles. The lowest BCUT2D eigenvalue weighted by atomic mass is 9.82. The van der Waals surface area contributed by atoms with Crippen LogP contribution in [0.25, 0.3) is 11.1 Å². The Morgan fingerprint density at radius 2 is 1.62 bits per heavy atom. The molecule has 2 aliphatic heterocycles. The van der Waals surface area contributed by atoms with Crippen molar-refractivity contribution in [1.82, 2.24) is 20.9 Å². The molecule has 0 bridgehead atoms. The molecule has 0 radical (unpaired) electrons. The van der Waals surface area contributed by atoms with Crippen molar-refractivity contribution >= 4 is 29.8 Å². The molecule has 0 saturated carbocycles. The normalized spacial score (nSPS) is 21.2. The number of rotatable bonds is 7. The van der Waals surface area contributed by atoms with E-state index in [1.807, 2.05) is 0 Å². The molecule has 0 unspecified atom stereocenters. The predicted octanol–water partition coefficient (Wildman–Crippen LogP) is 4.64. The van der Waals surface area contributed by atoms with Crippen molar-refractivity contribution in [3.05, 3.63) is 59.7 Å². The molecule has 3 atom stereocenters. The summed E-state index contributed by atoms with van der Waals surface area (Å²) in [6, 6.07) is 10.4. The highest BCUT2D eigenvalue weighted by molar-refractivity contribution is 5.92. The summed E-state index contributed by atoms with van der Waals surface area (Å²) in [7, 11) is 0. The Morgan fingerprint density at radius 1 is 0.925 bits per heavy atom. The van der Waals surface area contributed by atoms with Crippen LogP contribution >= 0.6 is 0 Å². The van der Waals surface area contributed by atoms with E-state index in [1.165, 1.54) is 30.3 Å². The molecule has 2 aromatic carbocycles. The van der Waals surface area contributed by atoms with Gasteiger partial charge < -0.3 is 35.1 Å². The predicted molar refractivity (Wildman–Crippen MR) is 188 cm³/mol. The van der Waals surface area contributed by atoms with Crippen LogP contribution < -0.4 is 16.0 Å². The monoisotopic (exact) mass is 746 g/mol. The molecular formula is C38H49F3N4O8. The van der Waals surface area contributed by atoms with Crippen LogP contribution in [0.2, 0.25) is 0 Å². The molecule has 0 aromatic heterocycles. The summed E-state index contributed by atoms with van der Waals surface area (Å²) in [5, 5.41) is 8.12. The Hall–Kier alpha value is -4.66. The van der Waals surface area contributed by atoms with Gasteiger partial charge in [0.1, 0.15) is 11.6 Å². The first-order valence-corrected chi connectivity index (χ1v) is 17.9. The van der Waals surface area contributed by atoms with Crippen LogP contribution in [-0.2, 0) is 46.0 Å². The van der Waals surface area contributed by atoms with Crippen molar-refractivity contribution in [2.45, 2.75) is 77.1 Å². The van der Waals surface area contributed by atoms with E-state index in [4.69, 9.17) is 14.2 Å². The van der Waals surface area contributed by atoms with E-state index in [2.05, 4.69) is 16.0 Å². The second-order valence-corrected chi connectivity index (χ2v) is 14.2. The number of benzene rings is 2. The van der Waals surface area contributed by atoms with Crippen molar-refractivity contribution in [1.29, 1.82) is 0 Å². The van der Waals surface area contributed by atoms with Crippen molar-refractivity contribution in [3.8, 4) is 11.1 Å². The minimum absolute atomic E-state index is 0.00479. The van der Waals surface area contributed by atoms with Gasteiger partial charge in [-0.05, 0) is 82.1 Å². The van der Waals surface area contributed by atoms with E-state index in [0.717, 1.165) is 6.07 Å². The average molecular weight is 747 g/mol. The highest BCUT2D eigenvalue weighted by Gasteiger charge is 2.38. The van der Waals surface area contributed by atoms with Gasteiger partial charge in [-0.25, -0.2) is 4.79 Å². The van der Waals surface area contributed by atoms with Crippen molar-refractivity contribution < 1.29 is 51.4 Å². The lowest BCUT2D eigenvalue weighted by Crippen LogP contribution is -2.53. The van der Waals surface area contributed by atoms with Crippen molar-refractivity contribution in [2.24, 2.45) is 11.8 Å². The number of hydrogen-bond acceptors (Lipinski definition) is 8. The largest absolute Gasteiger partial charge is 0.460 e. The maximum absolute atomic E-state index is 14.3. The number of amides is 4.